The van der Waals surface area contributed by atoms with Gasteiger partial charge in [0.25, 0.3) is 5.91 Å². The van der Waals surface area contributed by atoms with Crippen LogP contribution >= 0.6 is 0 Å². The van der Waals surface area contributed by atoms with Crippen LogP contribution < -0.4 is 10.1 Å². The molecule has 4 atom stereocenters. The fraction of sp³-hybridized carbons (Fsp3) is 0.609. The molecule has 3 heterocycles. The van der Waals surface area contributed by atoms with Gasteiger partial charge in [-0.2, -0.15) is 0 Å². The van der Waals surface area contributed by atoms with Crippen molar-refractivity contribution in [2.24, 2.45) is 0 Å². The Morgan fingerprint density at radius 1 is 1.10 bits per heavy atom. The second-order valence-electron chi connectivity index (χ2n) is 9.01. The maximum atomic E-state index is 12.9. The van der Waals surface area contributed by atoms with Crippen LogP contribution in [-0.2, 0) is 20.9 Å². The number of hydrogen-bond donors (Lipinski definition) is 1. The van der Waals surface area contributed by atoms with E-state index in [0.29, 0.717) is 30.7 Å². The van der Waals surface area contributed by atoms with Crippen LogP contribution in [0, 0.1) is 0 Å². The number of rotatable bonds is 5. The van der Waals surface area contributed by atoms with E-state index in [1.165, 1.54) is 0 Å². The smallest absolute Gasteiger partial charge is 0.255 e. The van der Waals surface area contributed by atoms with Crippen molar-refractivity contribution in [2.45, 2.75) is 69.4 Å². The van der Waals surface area contributed by atoms with E-state index in [4.69, 9.17) is 9.47 Å². The van der Waals surface area contributed by atoms with Crippen molar-refractivity contribution in [3.63, 3.8) is 0 Å². The van der Waals surface area contributed by atoms with Crippen LogP contribution in [0.2, 0.25) is 0 Å². The number of carbonyl (C=O) groups excluding carboxylic acids is 3. The van der Waals surface area contributed by atoms with Gasteiger partial charge >= 0.3 is 0 Å². The average molecular weight is 428 g/mol. The summed E-state index contributed by atoms with van der Waals surface area (Å²) in [5, 5.41) is 2.34. The summed E-state index contributed by atoms with van der Waals surface area (Å²) >= 11 is 0. The number of piperidine rings is 1. The van der Waals surface area contributed by atoms with Gasteiger partial charge in [0.15, 0.2) is 0 Å². The number of carbonyl (C=O) groups is 3. The number of methoxy groups -OCH3 is 1. The van der Waals surface area contributed by atoms with Gasteiger partial charge < -0.3 is 14.4 Å². The summed E-state index contributed by atoms with van der Waals surface area (Å²) in [5.74, 6) is -0.0433. The molecule has 5 rings (SSSR count). The number of ether oxygens (including phenoxy) is 2. The Hall–Kier alpha value is -2.45. The Bertz CT molecular complexity index is 903. The fourth-order valence-electron chi connectivity index (χ4n) is 5.51. The molecule has 8 heteroatoms. The third kappa shape index (κ3) is 3.83. The summed E-state index contributed by atoms with van der Waals surface area (Å²) in [7, 11) is 1.78. The molecule has 3 aliphatic heterocycles. The molecule has 3 amide bonds. The predicted molar refractivity (Wildman–Crippen MR) is 112 cm³/mol. The van der Waals surface area contributed by atoms with Gasteiger partial charge in [0.1, 0.15) is 17.9 Å². The SMILES string of the molecule is COC1CCN([C@@H]2CCC[C@@H]2Oc2ccc3c(c2)CN(C2CCC(=O)NC2=O)C3=O)C1. The standard InChI is InChI=1S/C23H29N3O5/c1-30-16-9-10-25(13-16)18-3-2-4-20(18)31-15-5-6-17-14(11-15)12-26(23(17)29)19-7-8-21(27)24-22(19)28/h5-6,11,16,18-20H,2-4,7-10,12-13H2,1H3,(H,24,27,28)/t16?,18-,19?,20+/m1/s1. The Kier molecular flexibility index (Phi) is 5.44. The first-order valence-electron chi connectivity index (χ1n) is 11.2. The van der Waals surface area contributed by atoms with E-state index in [-0.39, 0.29) is 30.2 Å². The highest BCUT2D eigenvalue weighted by Crippen LogP contribution is 2.34. The summed E-state index contributed by atoms with van der Waals surface area (Å²) in [5.41, 5.74) is 1.49. The summed E-state index contributed by atoms with van der Waals surface area (Å²) in [6.45, 7) is 2.37. The maximum absolute atomic E-state index is 12.9. The van der Waals surface area contributed by atoms with Crippen LogP contribution in [0.15, 0.2) is 18.2 Å². The summed E-state index contributed by atoms with van der Waals surface area (Å²) < 4.78 is 11.9. The van der Waals surface area contributed by atoms with E-state index in [2.05, 4.69) is 10.2 Å². The van der Waals surface area contributed by atoms with Crippen molar-refractivity contribution in [1.29, 1.82) is 0 Å². The molecule has 0 spiro atoms. The molecule has 1 aromatic rings. The van der Waals surface area contributed by atoms with E-state index in [1.807, 2.05) is 12.1 Å². The molecule has 0 radical (unpaired) electrons. The quantitative estimate of drug-likeness (QED) is 0.716. The zero-order valence-corrected chi connectivity index (χ0v) is 17.8. The molecular weight excluding hydrogens is 398 g/mol. The van der Waals surface area contributed by atoms with Crippen LogP contribution in [-0.4, -0.2) is 72.0 Å². The first-order chi connectivity index (χ1) is 15.0. The zero-order chi connectivity index (χ0) is 21.5. The van der Waals surface area contributed by atoms with E-state index in [9.17, 15) is 14.4 Å². The highest BCUT2D eigenvalue weighted by atomic mass is 16.5. The summed E-state index contributed by atoms with van der Waals surface area (Å²) in [6, 6.07) is 5.41. The number of nitrogens with zero attached hydrogens (tertiary/aromatic N) is 2. The molecule has 166 valence electrons. The number of nitrogens with one attached hydrogen (secondary N) is 1. The minimum Gasteiger partial charge on any atom is -0.489 e. The van der Waals surface area contributed by atoms with Gasteiger partial charge in [-0.1, -0.05) is 0 Å². The molecule has 4 aliphatic rings. The average Bonchev–Trinajstić information content (AvgIpc) is 3.47. The molecule has 8 nitrogen and oxygen atoms in total. The number of likely N-dealkylation sites (tertiary alicyclic amines) is 1. The predicted octanol–water partition coefficient (Wildman–Crippen LogP) is 1.47. The first kappa shape index (κ1) is 20.5. The normalized spacial score (nSPS) is 31.3. The van der Waals surface area contributed by atoms with Gasteiger partial charge in [-0.15, -0.1) is 0 Å². The molecule has 31 heavy (non-hydrogen) atoms. The molecule has 1 saturated carbocycles. The molecule has 1 aromatic carbocycles. The Morgan fingerprint density at radius 3 is 2.74 bits per heavy atom. The van der Waals surface area contributed by atoms with Crippen molar-refractivity contribution < 1.29 is 23.9 Å². The van der Waals surface area contributed by atoms with Crippen molar-refractivity contribution >= 4 is 17.7 Å². The van der Waals surface area contributed by atoms with Crippen molar-refractivity contribution in [3.8, 4) is 5.75 Å². The summed E-state index contributed by atoms with van der Waals surface area (Å²) in [4.78, 5) is 40.6. The third-order valence-corrected chi connectivity index (χ3v) is 7.18. The van der Waals surface area contributed by atoms with Crippen LogP contribution in [0.5, 0.6) is 5.75 Å². The highest BCUT2D eigenvalue weighted by molar-refractivity contribution is 6.05. The fourth-order valence-corrected chi connectivity index (χ4v) is 5.51. The number of hydrogen-bond acceptors (Lipinski definition) is 6. The van der Waals surface area contributed by atoms with Crippen molar-refractivity contribution in [3.05, 3.63) is 29.3 Å². The van der Waals surface area contributed by atoms with Crippen molar-refractivity contribution in [1.82, 2.24) is 15.1 Å². The van der Waals surface area contributed by atoms with Crippen LogP contribution in [0.1, 0.15) is 54.4 Å². The van der Waals surface area contributed by atoms with Gasteiger partial charge in [-0.25, -0.2) is 0 Å². The Labute approximate surface area is 181 Å². The van der Waals surface area contributed by atoms with Gasteiger partial charge in [-0.05, 0) is 55.9 Å². The lowest BCUT2D eigenvalue weighted by Gasteiger charge is -2.30. The number of benzene rings is 1. The van der Waals surface area contributed by atoms with E-state index < -0.39 is 6.04 Å². The second kappa shape index (κ2) is 8.24. The molecule has 3 fully saturated rings. The Balaban J connectivity index is 1.27. The first-order valence-corrected chi connectivity index (χ1v) is 11.2. The highest BCUT2D eigenvalue weighted by Gasteiger charge is 2.40. The summed E-state index contributed by atoms with van der Waals surface area (Å²) in [6.07, 6.45) is 5.45. The second-order valence-corrected chi connectivity index (χ2v) is 9.01. The third-order valence-electron chi connectivity index (χ3n) is 7.18. The molecular formula is C23H29N3O5. The lowest BCUT2D eigenvalue weighted by Crippen LogP contribution is -2.52. The lowest BCUT2D eigenvalue weighted by molar-refractivity contribution is -0.136. The maximum Gasteiger partial charge on any atom is 0.255 e. The topological polar surface area (TPSA) is 88.2 Å². The van der Waals surface area contributed by atoms with E-state index in [0.717, 1.165) is 50.1 Å². The minimum atomic E-state index is -0.593. The van der Waals surface area contributed by atoms with Gasteiger partial charge in [0.2, 0.25) is 11.8 Å². The number of imide groups is 1. The van der Waals surface area contributed by atoms with Gasteiger partial charge in [0.05, 0.1) is 6.10 Å². The monoisotopic (exact) mass is 427 g/mol. The molecule has 0 bridgehead atoms. The minimum absolute atomic E-state index is 0.136. The van der Waals surface area contributed by atoms with Gasteiger partial charge in [0, 0.05) is 44.8 Å². The molecule has 2 unspecified atom stereocenters. The van der Waals surface area contributed by atoms with Crippen LogP contribution in [0.3, 0.4) is 0 Å². The zero-order valence-electron chi connectivity index (χ0n) is 17.8. The Morgan fingerprint density at radius 2 is 1.97 bits per heavy atom. The molecule has 2 saturated heterocycles. The van der Waals surface area contributed by atoms with E-state index >= 15 is 0 Å². The van der Waals surface area contributed by atoms with E-state index in [1.54, 1.807) is 18.1 Å². The van der Waals surface area contributed by atoms with Crippen LogP contribution in [0.4, 0.5) is 0 Å². The lowest BCUT2D eigenvalue weighted by atomic mass is 10.0. The van der Waals surface area contributed by atoms with Crippen LogP contribution in [0.25, 0.3) is 0 Å². The molecule has 0 aromatic heterocycles. The van der Waals surface area contributed by atoms with Crippen molar-refractivity contribution in [2.75, 3.05) is 20.2 Å². The number of fused-ring (bicyclic) bond motifs is 1. The van der Waals surface area contributed by atoms with Gasteiger partial charge in [-0.3, -0.25) is 24.6 Å². The molecule has 1 aliphatic carbocycles. The number of amides is 3. The molecule has 1 N–H and O–H groups in total. The largest absolute Gasteiger partial charge is 0.489 e.